The Kier molecular flexibility index (Phi) is 3.22. The largest absolute Gasteiger partial charge is 0.480 e. The van der Waals surface area contributed by atoms with Crippen LogP contribution in [0.25, 0.3) is 0 Å². The van der Waals surface area contributed by atoms with Crippen molar-refractivity contribution in [2.75, 3.05) is 31.4 Å². The van der Waals surface area contributed by atoms with Gasteiger partial charge in [0.25, 0.3) is 5.91 Å². The van der Waals surface area contributed by atoms with E-state index in [1.807, 2.05) is 6.26 Å². The Morgan fingerprint density at radius 3 is 3.05 bits per heavy atom. The fourth-order valence-corrected chi connectivity index (χ4v) is 3.03. The molecule has 7 heteroatoms. The van der Waals surface area contributed by atoms with Crippen LogP contribution in [0.15, 0.2) is 5.16 Å². The van der Waals surface area contributed by atoms with Gasteiger partial charge < -0.3 is 15.0 Å². The minimum Gasteiger partial charge on any atom is -0.480 e. The average Bonchev–Trinajstić information content (AvgIpc) is 2.86. The second kappa shape index (κ2) is 4.88. The molecular weight excluding hydrogens is 264 g/mol. The number of carbonyl (C=O) groups is 1. The van der Waals surface area contributed by atoms with Gasteiger partial charge in [0.1, 0.15) is 11.4 Å². The van der Waals surface area contributed by atoms with Gasteiger partial charge >= 0.3 is 0 Å². The smallest absolute Gasteiger partial charge is 0.260 e. The van der Waals surface area contributed by atoms with Crippen LogP contribution in [0.4, 0.5) is 5.82 Å². The van der Waals surface area contributed by atoms with Gasteiger partial charge in [-0.3, -0.25) is 4.79 Å². The third kappa shape index (κ3) is 2.01. The molecule has 0 spiro atoms. The van der Waals surface area contributed by atoms with Gasteiger partial charge in [-0.2, -0.15) is 4.98 Å². The van der Waals surface area contributed by atoms with E-state index in [0.29, 0.717) is 35.0 Å². The topological polar surface area (TPSA) is 67.3 Å². The van der Waals surface area contributed by atoms with Crippen molar-refractivity contribution in [2.24, 2.45) is 0 Å². The van der Waals surface area contributed by atoms with Gasteiger partial charge in [0.15, 0.2) is 5.16 Å². The van der Waals surface area contributed by atoms with E-state index >= 15 is 0 Å². The second-order valence-electron chi connectivity index (χ2n) is 4.62. The molecule has 1 unspecified atom stereocenters. The van der Waals surface area contributed by atoms with Gasteiger partial charge in [0.2, 0.25) is 5.88 Å². The molecule has 2 aliphatic heterocycles. The molecule has 19 heavy (non-hydrogen) atoms. The summed E-state index contributed by atoms with van der Waals surface area (Å²) in [6.07, 6.45) is 4.13. The lowest BCUT2D eigenvalue weighted by molar-refractivity contribution is 0.0951. The van der Waals surface area contributed by atoms with Crippen LogP contribution in [0.3, 0.4) is 0 Å². The second-order valence-corrected chi connectivity index (χ2v) is 5.39. The van der Waals surface area contributed by atoms with Crippen LogP contribution in [0.5, 0.6) is 5.88 Å². The number of amides is 1. The first-order valence-electron chi connectivity index (χ1n) is 6.29. The summed E-state index contributed by atoms with van der Waals surface area (Å²) in [5, 5.41) is 3.57. The van der Waals surface area contributed by atoms with E-state index in [9.17, 15) is 4.79 Å². The number of hydrogen-bond donors (Lipinski definition) is 1. The maximum Gasteiger partial charge on any atom is 0.260 e. The summed E-state index contributed by atoms with van der Waals surface area (Å²) < 4.78 is 5.28. The molecule has 1 amide bonds. The maximum atomic E-state index is 12.2. The maximum absolute atomic E-state index is 12.2. The highest BCUT2D eigenvalue weighted by molar-refractivity contribution is 7.98. The number of nitrogens with zero attached hydrogens (tertiary/aromatic N) is 3. The molecule has 0 saturated carbocycles. The molecule has 0 bridgehead atoms. The number of ether oxygens (including phenoxy) is 1. The monoisotopic (exact) mass is 280 g/mol. The molecule has 102 valence electrons. The summed E-state index contributed by atoms with van der Waals surface area (Å²) in [6.45, 7) is 1.59. The van der Waals surface area contributed by atoms with E-state index in [1.165, 1.54) is 18.9 Å². The highest BCUT2D eigenvalue weighted by atomic mass is 32.2. The molecule has 0 aromatic carbocycles. The third-order valence-electron chi connectivity index (χ3n) is 3.59. The molecular formula is C12H16N4O2S. The van der Waals surface area contributed by atoms with Crippen molar-refractivity contribution in [1.82, 2.24) is 15.3 Å². The molecule has 0 radical (unpaired) electrons. The first-order valence-corrected chi connectivity index (χ1v) is 7.52. The van der Waals surface area contributed by atoms with Crippen LogP contribution in [-0.4, -0.2) is 48.4 Å². The normalized spacial score (nSPS) is 21.5. The minimum absolute atomic E-state index is 0.145. The van der Waals surface area contributed by atoms with E-state index in [2.05, 4.69) is 20.2 Å². The van der Waals surface area contributed by atoms with Crippen molar-refractivity contribution < 1.29 is 9.53 Å². The molecule has 1 fully saturated rings. The Balaban J connectivity index is 2.18. The van der Waals surface area contributed by atoms with Gasteiger partial charge in [0.05, 0.1) is 7.11 Å². The van der Waals surface area contributed by atoms with Crippen molar-refractivity contribution >= 4 is 23.5 Å². The Morgan fingerprint density at radius 1 is 1.47 bits per heavy atom. The highest BCUT2D eigenvalue weighted by Gasteiger charge is 2.35. The standard InChI is InChI=1S/C12H16N4O2S/c1-18-11-8-9(14-12(15-11)19-2)16-5-3-4-7(16)6-13-10(8)17/h7H,3-6H2,1-2H3,(H,13,17). The van der Waals surface area contributed by atoms with E-state index in [4.69, 9.17) is 4.74 Å². The number of thioether (sulfide) groups is 1. The van der Waals surface area contributed by atoms with E-state index < -0.39 is 0 Å². The Labute approximate surface area is 115 Å². The molecule has 1 atom stereocenters. The number of fused-ring (bicyclic) bond motifs is 3. The van der Waals surface area contributed by atoms with E-state index in [0.717, 1.165) is 19.4 Å². The number of rotatable bonds is 2. The lowest BCUT2D eigenvalue weighted by Gasteiger charge is -2.24. The first-order chi connectivity index (χ1) is 9.24. The molecule has 1 aromatic heterocycles. The van der Waals surface area contributed by atoms with Gasteiger partial charge in [-0.25, -0.2) is 4.98 Å². The molecule has 6 nitrogen and oxygen atoms in total. The van der Waals surface area contributed by atoms with Gasteiger partial charge in [0, 0.05) is 19.1 Å². The zero-order chi connectivity index (χ0) is 13.4. The molecule has 0 aliphatic carbocycles. The molecule has 1 saturated heterocycles. The number of carbonyl (C=O) groups excluding carboxylic acids is 1. The lowest BCUT2D eigenvalue weighted by atomic mass is 10.2. The third-order valence-corrected chi connectivity index (χ3v) is 4.13. The first kappa shape index (κ1) is 12.5. The van der Waals surface area contributed by atoms with Crippen LogP contribution >= 0.6 is 11.8 Å². The summed E-state index contributed by atoms with van der Waals surface area (Å²) in [4.78, 5) is 23.2. The summed E-state index contributed by atoms with van der Waals surface area (Å²) >= 11 is 1.45. The Hall–Kier alpha value is -1.50. The van der Waals surface area contributed by atoms with Crippen molar-refractivity contribution in [3.8, 4) is 5.88 Å². The summed E-state index contributed by atoms with van der Waals surface area (Å²) in [6, 6.07) is 0.333. The number of aromatic nitrogens is 2. The van der Waals surface area contributed by atoms with Crippen LogP contribution in [0, 0.1) is 0 Å². The van der Waals surface area contributed by atoms with Gasteiger partial charge in [-0.15, -0.1) is 0 Å². The summed E-state index contributed by atoms with van der Waals surface area (Å²) in [5.74, 6) is 0.932. The molecule has 1 N–H and O–H groups in total. The predicted molar refractivity (Wildman–Crippen MR) is 73.1 cm³/mol. The van der Waals surface area contributed by atoms with E-state index in [1.54, 1.807) is 0 Å². The average molecular weight is 280 g/mol. The fraction of sp³-hybridized carbons (Fsp3) is 0.583. The lowest BCUT2D eigenvalue weighted by Crippen LogP contribution is -2.36. The molecule has 2 aliphatic rings. The molecule has 3 heterocycles. The summed E-state index contributed by atoms with van der Waals surface area (Å²) in [7, 11) is 1.53. The zero-order valence-electron chi connectivity index (χ0n) is 11.0. The Morgan fingerprint density at radius 2 is 2.32 bits per heavy atom. The SMILES string of the molecule is COc1nc(SC)nc2c1C(=O)NCC1CCCN21. The zero-order valence-corrected chi connectivity index (χ0v) is 11.8. The van der Waals surface area contributed by atoms with Crippen LogP contribution in [0.1, 0.15) is 23.2 Å². The quantitative estimate of drug-likeness (QED) is 0.642. The van der Waals surface area contributed by atoms with Crippen molar-refractivity contribution in [2.45, 2.75) is 24.0 Å². The van der Waals surface area contributed by atoms with Gasteiger partial charge in [-0.05, 0) is 19.1 Å². The number of anilines is 1. The summed E-state index contributed by atoms with van der Waals surface area (Å²) in [5.41, 5.74) is 0.463. The van der Waals surface area contributed by atoms with Crippen molar-refractivity contribution in [3.63, 3.8) is 0 Å². The van der Waals surface area contributed by atoms with Crippen molar-refractivity contribution in [1.29, 1.82) is 0 Å². The van der Waals surface area contributed by atoms with Crippen LogP contribution in [-0.2, 0) is 0 Å². The van der Waals surface area contributed by atoms with E-state index in [-0.39, 0.29) is 5.91 Å². The molecule has 3 rings (SSSR count). The van der Waals surface area contributed by atoms with Crippen molar-refractivity contribution in [3.05, 3.63) is 5.56 Å². The number of nitrogens with one attached hydrogen (secondary N) is 1. The number of methoxy groups -OCH3 is 1. The van der Waals surface area contributed by atoms with Crippen LogP contribution in [0.2, 0.25) is 0 Å². The van der Waals surface area contributed by atoms with Crippen LogP contribution < -0.4 is 15.0 Å². The minimum atomic E-state index is -0.145. The predicted octanol–water partition coefficient (Wildman–Crippen LogP) is 0.919. The molecule has 1 aromatic rings. The number of hydrogen-bond acceptors (Lipinski definition) is 6. The fourth-order valence-electron chi connectivity index (χ4n) is 2.68. The van der Waals surface area contributed by atoms with Gasteiger partial charge in [-0.1, -0.05) is 11.8 Å². The Bertz CT molecular complexity index is 523. The highest BCUT2D eigenvalue weighted by Crippen LogP contribution is 2.34.